The van der Waals surface area contributed by atoms with Crippen molar-refractivity contribution in [3.05, 3.63) is 70.1 Å². The smallest absolute Gasteiger partial charge is 0.356 e. The number of carbonyl (C=O) groups is 1. The molecule has 1 N–H and O–H groups in total. The average Bonchev–Trinajstić information content (AvgIpc) is 2.84. The zero-order valence-corrected chi connectivity index (χ0v) is 12.5. The molecular formula is C16H11BrFNO2. The molecule has 0 bridgehead atoms. The van der Waals surface area contributed by atoms with Gasteiger partial charge in [0.2, 0.25) is 0 Å². The number of H-pyrrole nitrogens is 1. The molecule has 21 heavy (non-hydrogen) atoms. The molecule has 2 aromatic carbocycles. The number of aromatic amines is 1. The maximum Gasteiger partial charge on any atom is 0.356 e. The molecule has 1 heterocycles. The summed E-state index contributed by atoms with van der Waals surface area (Å²) in [6.07, 6.45) is 0. The first kappa shape index (κ1) is 13.8. The highest BCUT2D eigenvalue weighted by Crippen LogP contribution is 2.28. The number of hydrogen-bond donors (Lipinski definition) is 1. The highest BCUT2D eigenvalue weighted by Gasteiger charge is 2.17. The summed E-state index contributed by atoms with van der Waals surface area (Å²) in [5, 5.41) is 0.922. The fourth-order valence-electron chi connectivity index (χ4n) is 2.05. The summed E-state index contributed by atoms with van der Waals surface area (Å²) in [4.78, 5) is 15.1. The largest absolute Gasteiger partial charge is 0.456 e. The summed E-state index contributed by atoms with van der Waals surface area (Å²) in [7, 11) is 0. The number of esters is 1. The minimum atomic E-state index is -0.456. The van der Waals surface area contributed by atoms with Crippen molar-refractivity contribution in [3.63, 3.8) is 0 Å². The van der Waals surface area contributed by atoms with Crippen molar-refractivity contribution < 1.29 is 13.9 Å². The molecule has 0 saturated carbocycles. The van der Waals surface area contributed by atoms with Crippen LogP contribution in [0.4, 0.5) is 4.39 Å². The van der Waals surface area contributed by atoms with E-state index in [0.29, 0.717) is 10.2 Å². The first-order valence-electron chi connectivity index (χ1n) is 6.33. The van der Waals surface area contributed by atoms with Gasteiger partial charge in [0.05, 0.1) is 4.47 Å². The first-order valence-corrected chi connectivity index (χ1v) is 7.12. The van der Waals surface area contributed by atoms with Gasteiger partial charge in [0.1, 0.15) is 18.1 Å². The lowest BCUT2D eigenvalue weighted by Crippen LogP contribution is -2.06. The molecule has 0 fully saturated rings. The molecule has 0 aliphatic rings. The van der Waals surface area contributed by atoms with Gasteiger partial charge in [-0.25, -0.2) is 9.18 Å². The van der Waals surface area contributed by atoms with Crippen molar-refractivity contribution in [2.24, 2.45) is 0 Å². The Balaban J connectivity index is 1.78. The van der Waals surface area contributed by atoms with E-state index in [2.05, 4.69) is 20.9 Å². The molecule has 5 heteroatoms. The SMILES string of the molecule is O=C(OCc1ccc(F)cc1)c1[nH]c2ccccc2c1Br. The Morgan fingerprint density at radius 3 is 2.57 bits per heavy atom. The second-order valence-corrected chi connectivity index (χ2v) is 5.36. The molecule has 0 spiro atoms. The Morgan fingerprint density at radius 2 is 1.86 bits per heavy atom. The number of nitrogens with one attached hydrogen (secondary N) is 1. The van der Waals surface area contributed by atoms with Crippen LogP contribution in [0.3, 0.4) is 0 Å². The van der Waals surface area contributed by atoms with Gasteiger partial charge in [0.25, 0.3) is 0 Å². The van der Waals surface area contributed by atoms with Crippen LogP contribution in [-0.4, -0.2) is 11.0 Å². The predicted molar refractivity (Wildman–Crippen MR) is 81.5 cm³/mol. The van der Waals surface area contributed by atoms with Crippen molar-refractivity contribution >= 4 is 32.8 Å². The van der Waals surface area contributed by atoms with Crippen molar-refractivity contribution in [2.75, 3.05) is 0 Å². The molecule has 3 rings (SSSR count). The Labute approximate surface area is 128 Å². The third-order valence-electron chi connectivity index (χ3n) is 3.13. The molecule has 0 radical (unpaired) electrons. The highest BCUT2D eigenvalue weighted by atomic mass is 79.9. The molecule has 3 aromatic rings. The van der Waals surface area contributed by atoms with Gasteiger partial charge in [-0.15, -0.1) is 0 Å². The number of ether oxygens (including phenoxy) is 1. The third-order valence-corrected chi connectivity index (χ3v) is 3.95. The highest BCUT2D eigenvalue weighted by molar-refractivity contribution is 9.10. The maximum atomic E-state index is 12.8. The molecule has 0 atom stereocenters. The minimum Gasteiger partial charge on any atom is -0.456 e. The lowest BCUT2D eigenvalue weighted by Gasteiger charge is -2.04. The molecule has 0 unspecified atom stereocenters. The van der Waals surface area contributed by atoms with Gasteiger partial charge in [-0.3, -0.25) is 0 Å². The molecule has 0 saturated heterocycles. The Bertz CT molecular complexity index is 796. The summed E-state index contributed by atoms with van der Waals surface area (Å²) in [5.41, 5.74) is 1.97. The maximum absolute atomic E-state index is 12.8. The third kappa shape index (κ3) is 2.83. The van der Waals surface area contributed by atoms with Gasteiger partial charge in [-0.2, -0.15) is 0 Å². The van der Waals surface area contributed by atoms with E-state index in [0.717, 1.165) is 16.5 Å². The van der Waals surface area contributed by atoms with Gasteiger partial charge in [0.15, 0.2) is 0 Å². The molecule has 106 valence electrons. The fraction of sp³-hybridized carbons (Fsp3) is 0.0625. The number of aromatic nitrogens is 1. The predicted octanol–water partition coefficient (Wildman–Crippen LogP) is 4.43. The van der Waals surface area contributed by atoms with E-state index in [1.165, 1.54) is 12.1 Å². The number of halogens is 2. The molecule has 0 amide bonds. The van der Waals surface area contributed by atoms with Crippen LogP contribution in [0, 0.1) is 5.82 Å². The van der Waals surface area contributed by atoms with Crippen LogP contribution in [0.1, 0.15) is 16.1 Å². The lowest BCUT2D eigenvalue weighted by atomic mass is 10.2. The van der Waals surface area contributed by atoms with Crippen LogP contribution in [0.2, 0.25) is 0 Å². The van der Waals surface area contributed by atoms with Crippen molar-refractivity contribution in [2.45, 2.75) is 6.61 Å². The normalized spacial score (nSPS) is 10.8. The van der Waals surface area contributed by atoms with Gasteiger partial charge < -0.3 is 9.72 Å². The van der Waals surface area contributed by atoms with E-state index in [-0.39, 0.29) is 12.4 Å². The minimum absolute atomic E-state index is 0.0981. The zero-order valence-electron chi connectivity index (χ0n) is 10.9. The van der Waals surface area contributed by atoms with Crippen LogP contribution in [-0.2, 0) is 11.3 Å². The first-order chi connectivity index (χ1) is 10.1. The van der Waals surface area contributed by atoms with Crippen LogP contribution >= 0.6 is 15.9 Å². The number of hydrogen-bond acceptors (Lipinski definition) is 2. The number of fused-ring (bicyclic) bond motifs is 1. The van der Waals surface area contributed by atoms with Crippen molar-refractivity contribution in [1.29, 1.82) is 0 Å². The average molecular weight is 348 g/mol. The Hall–Kier alpha value is -2.14. The van der Waals surface area contributed by atoms with Crippen LogP contribution in [0.25, 0.3) is 10.9 Å². The van der Waals surface area contributed by atoms with Crippen LogP contribution < -0.4 is 0 Å². The van der Waals surface area contributed by atoms with Gasteiger partial charge in [-0.1, -0.05) is 30.3 Å². The number of carbonyl (C=O) groups excluding carboxylic acids is 1. The summed E-state index contributed by atoms with van der Waals surface area (Å²) < 4.78 is 18.7. The van der Waals surface area contributed by atoms with E-state index >= 15 is 0 Å². The molecule has 0 aliphatic carbocycles. The zero-order chi connectivity index (χ0) is 14.8. The standard InChI is InChI=1S/C16H11BrFNO2/c17-14-12-3-1-2-4-13(12)19-15(14)16(20)21-9-10-5-7-11(18)8-6-10/h1-8,19H,9H2. The van der Waals surface area contributed by atoms with E-state index in [4.69, 9.17) is 4.74 Å². The monoisotopic (exact) mass is 347 g/mol. The summed E-state index contributed by atoms with van der Waals surface area (Å²) in [6, 6.07) is 13.4. The quantitative estimate of drug-likeness (QED) is 0.712. The summed E-state index contributed by atoms with van der Waals surface area (Å²) in [6.45, 7) is 0.0981. The number of para-hydroxylation sites is 1. The lowest BCUT2D eigenvalue weighted by molar-refractivity contribution is 0.0465. The van der Waals surface area contributed by atoms with E-state index in [9.17, 15) is 9.18 Å². The van der Waals surface area contributed by atoms with Gasteiger partial charge in [-0.05, 0) is 39.7 Å². The van der Waals surface area contributed by atoms with E-state index in [1.807, 2.05) is 24.3 Å². The number of benzene rings is 2. The van der Waals surface area contributed by atoms with Gasteiger partial charge in [0, 0.05) is 10.9 Å². The van der Waals surface area contributed by atoms with E-state index in [1.54, 1.807) is 12.1 Å². The fourth-order valence-corrected chi connectivity index (χ4v) is 2.66. The number of rotatable bonds is 3. The molecule has 3 nitrogen and oxygen atoms in total. The Morgan fingerprint density at radius 1 is 1.14 bits per heavy atom. The Kier molecular flexibility index (Phi) is 3.75. The topological polar surface area (TPSA) is 42.1 Å². The summed E-state index contributed by atoms with van der Waals surface area (Å²) in [5.74, 6) is -0.772. The van der Waals surface area contributed by atoms with Crippen LogP contribution in [0.5, 0.6) is 0 Å². The van der Waals surface area contributed by atoms with Crippen molar-refractivity contribution in [1.82, 2.24) is 4.98 Å². The summed E-state index contributed by atoms with van der Waals surface area (Å²) >= 11 is 3.41. The second-order valence-electron chi connectivity index (χ2n) is 4.56. The molecule has 0 aliphatic heterocycles. The van der Waals surface area contributed by atoms with E-state index < -0.39 is 5.97 Å². The van der Waals surface area contributed by atoms with Crippen LogP contribution in [0.15, 0.2) is 53.0 Å². The molecule has 1 aromatic heterocycles. The van der Waals surface area contributed by atoms with Gasteiger partial charge >= 0.3 is 5.97 Å². The molecular weight excluding hydrogens is 337 g/mol. The van der Waals surface area contributed by atoms with Crippen molar-refractivity contribution in [3.8, 4) is 0 Å². The second kappa shape index (κ2) is 5.69.